The minimum atomic E-state index is -0.382. The fourth-order valence-corrected chi connectivity index (χ4v) is 1.81. The monoisotopic (exact) mass is 258 g/mol. The average Bonchev–Trinajstić information content (AvgIpc) is 2.26. The molecular formula is C12H16ClFN2O. The van der Waals surface area contributed by atoms with Gasteiger partial charge < -0.3 is 10.6 Å². The van der Waals surface area contributed by atoms with Crippen LogP contribution >= 0.6 is 11.6 Å². The third-order valence-corrected chi connectivity index (χ3v) is 2.74. The Morgan fingerprint density at radius 3 is 2.82 bits per heavy atom. The van der Waals surface area contributed by atoms with Crippen molar-refractivity contribution in [1.82, 2.24) is 10.6 Å². The Bertz CT molecular complexity index is 398. The molecule has 0 aliphatic rings. The fraction of sp³-hybridized carbons (Fsp3) is 0.417. The lowest BCUT2D eigenvalue weighted by molar-refractivity contribution is -0.121. The number of amides is 1. The highest BCUT2D eigenvalue weighted by molar-refractivity contribution is 6.31. The maximum atomic E-state index is 12.9. The summed E-state index contributed by atoms with van der Waals surface area (Å²) in [5.74, 6) is -0.445. The molecular weight excluding hydrogens is 243 g/mol. The predicted molar refractivity (Wildman–Crippen MR) is 66.5 cm³/mol. The van der Waals surface area contributed by atoms with Gasteiger partial charge >= 0.3 is 0 Å². The number of halogens is 2. The van der Waals surface area contributed by atoms with Gasteiger partial charge in [0.2, 0.25) is 5.91 Å². The highest BCUT2D eigenvalue weighted by Gasteiger charge is 2.12. The van der Waals surface area contributed by atoms with Crippen LogP contribution in [0.3, 0.4) is 0 Å². The zero-order chi connectivity index (χ0) is 12.8. The van der Waals surface area contributed by atoms with Crippen molar-refractivity contribution in [3.8, 4) is 0 Å². The van der Waals surface area contributed by atoms with Gasteiger partial charge in [-0.15, -0.1) is 0 Å². The van der Waals surface area contributed by atoms with E-state index < -0.39 is 0 Å². The summed E-state index contributed by atoms with van der Waals surface area (Å²) in [6.07, 6.45) is 0.402. The molecule has 0 saturated carbocycles. The lowest BCUT2D eigenvalue weighted by atomic mass is 10.1. The molecule has 0 aliphatic heterocycles. The van der Waals surface area contributed by atoms with Crippen molar-refractivity contribution < 1.29 is 9.18 Å². The molecule has 0 fully saturated rings. The number of hydrogen-bond donors (Lipinski definition) is 2. The van der Waals surface area contributed by atoms with Gasteiger partial charge in [-0.3, -0.25) is 4.79 Å². The van der Waals surface area contributed by atoms with Gasteiger partial charge in [-0.25, -0.2) is 4.39 Å². The number of benzene rings is 1. The molecule has 1 aromatic carbocycles. The Balaban J connectivity index is 2.63. The second-order valence-electron chi connectivity index (χ2n) is 3.81. The average molecular weight is 259 g/mol. The first-order chi connectivity index (χ1) is 8.04. The number of rotatable bonds is 5. The van der Waals surface area contributed by atoms with Crippen molar-refractivity contribution in [3.63, 3.8) is 0 Å². The molecule has 0 saturated heterocycles. The van der Waals surface area contributed by atoms with Crippen molar-refractivity contribution >= 4 is 17.5 Å². The Morgan fingerprint density at radius 2 is 2.24 bits per heavy atom. The second kappa shape index (κ2) is 6.57. The third kappa shape index (κ3) is 4.32. The molecule has 1 unspecified atom stereocenters. The summed E-state index contributed by atoms with van der Waals surface area (Å²) in [5.41, 5.74) is 0.714. The standard InChI is InChI=1S/C12H16ClFN2O/c1-8(16-12(17)5-6-15-2)10-4-3-9(14)7-11(10)13/h3-4,7-8,15H,5-6H2,1-2H3,(H,16,17). The van der Waals surface area contributed by atoms with Crippen molar-refractivity contribution in [2.45, 2.75) is 19.4 Å². The van der Waals surface area contributed by atoms with E-state index in [9.17, 15) is 9.18 Å². The van der Waals surface area contributed by atoms with Gasteiger partial charge in [0.1, 0.15) is 5.82 Å². The van der Waals surface area contributed by atoms with Gasteiger partial charge in [0, 0.05) is 18.0 Å². The molecule has 1 atom stereocenters. The molecule has 1 rings (SSSR count). The minimum Gasteiger partial charge on any atom is -0.349 e. The highest BCUT2D eigenvalue weighted by Crippen LogP contribution is 2.23. The molecule has 1 amide bonds. The minimum absolute atomic E-state index is 0.0627. The first-order valence-electron chi connectivity index (χ1n) is 5.43. The maximum Gasteiger partial charge on any atom is 0.221 e. The lowest BCUT2D eigenvalue weighted by Gasteiger charge is -2.15. The van der Waals surface area contributed by atoms with E-state index in [1.165, 1.54) is 12.1 Å². The molecule has 1 aromatic rings. The van der Waals surface area contributed by atoms with E-state index in [0.29, 0.717) is 23.6 Å². The Labute approximate surface area is 105 Å². The second-order valence-corrected chi connectivity index (χ2v) is 4.22. The van der Waals surface area contributed by atoms with Crippen molar-refractivity contribution in [1.29, 1.82) is 0 Å². The quantitative estimate of drug-likeness (QED) is 0.851. The number of carbonyl (C=O) groups is 1. The van der Waals surface area contributed by atoms with E-state index in [1.807, 2.05) is 6.92 Å². The van der Waals surface area contributed by atoms with Crippen LogP contribution in [-0.2, 0) is 4.79 Å². The van der Waals surface area contributed by atoms with E-state index in [4.69, 9.17) is 11.6 Å². The Morgan fingerprint density at radius 1 is 1.53 bits per heavy atom. The topological polar surface area (TPSA) is 41.1 Å². The molecule has 2 N–H and O–H groups in total. The van der Waals surface area contributed by atoms with Crippen LogP contribution in [0.15, 0.2) is 18.2 Å². The molecule has 0 aromatic heterocycles. The van der Waals surface area contributed by atoms with E-state index in [2.05, 4.69) is 10.6 Å². The van der Waals surface area contributed by atoms with Crippen LogP contribution in [0.5, 0.6) is 0 Å². The normalized spacial score (nSPS) is 12.2. The smallest absolute Gasteiger partial charge is 0.221 e. The van der Waals surface area contributed by atoms with Crippen LogP contribution in [0.25, 0.3) is 0 Å². The summed E-state index contributed by atoms with van der Waals surface area (Å²) in [6.45, 7) is 2.44. The summed E-state index contributed by atoms with van der Waals surface area (Å²) < 4.78 is 12.9. The number of hydrogen-bond acceptors (Lipinski definition) is 2. The van der Waals surface area contributed by atoms with Crippen LogP contribution in [0, 0.1) is 5.82 Å². The van der Waals surface area contributed by atoms with Gasteiger partial charge in [-0.2, -0.15) is 0 Å². The summed E-state index contributed by atoms with van der Waals surface area (Å²) in [7, 11) is 1.79. The first-order valence-corrected chi connectivity index (χ1v) is 5.81. The van der Waals surface area contributed by atoms with Crippen LogP contribution in [-0.4, -0.2) is 19.5 Å². The Hall–Kier alpha value is -1.13. The fourth-order valence-electron chi connectivity index (χ4n) is 1.48. The van der Waals surface area contributed by atoms with E-state index in [-0.39, 0.29) is 17.8 Å². The van der Waals surface area contributed by atoms with Crippen LogP contribution in [0.4, 0.5) is 4.39 Å². The van der Waals surface area contributed by atoms with E-state index in [1.54, 1.807) is 13.1 Å². The van der Waals surface area contributed by atoms with Gasteiger partial charge in [0.25, 0.3) is 0 Å². The molecule has 0 heterocycles. The third-order valence-electron chi connectivity index (χ3n) is 2.41. The van der Waals surface area contributed by atoms with Crippen molar-refractivity contribution in [3.05, 3.63) is 34.6 Å². The Kier molecular flexibility index (Phi) is 5.38. The SMILES string of the molecule is CNCCC(=O)NC(C)c1ccc(F)cc1Cl. The molecule has 94 valence electrons. The lowest BCUT2D eigenvalue weighted by Crippen LogP contribution is -2.29. The largest absolute Gasteiger partial charge is 0.349 e. The van der Waals surface area contributed by atoms with E-state index >= 15 is 0 Å². The predicted octanol–water partition coefficient (Wildman–Crippen LogP) is 2.27. The summed E-state index contributed by atoms with van der Waals surface area (Å²) >= 11 is 5.91. The first kappa shape index (κ1) is 13.9. The molecule has 5 heteroatoms. The highest BCUT2D eigenvalue weighted by atomic mass is 35.5. The molecule has 0 aliphatic carbocycles. The molecule has 0 bridgehead atoms. The van der Waals surface area contributed by atoms with Crippen molar-refractivity contribution in [2.24, 2.45) is 0 Å². The van der Waals surface area contributed by atoms with Gasteiger partial charge in [0.15, 0.2) is 0 Å². The van der Waals surface area contributed by atoms with Gasteiger partial charge in [-0.05, 0) is 31.7 Å². The summed E-state index contributed by atoms with van der Waals surface area (Å²) in [4.78, 5) is 11.5. The molecule has 0 spiro atoms. The summed E-state index contributed by atoms with van der Waals surface area (Å²) in [6, 6.07) is 3.93. The maximum absolute atomic E-state index is 12.9. The number of nitrogens with one attached hydrogen (secondary N) is 2. The van der Waals surface area contributed by atoms with Gasteiger partial charge in [0.05, 0.1) is 6.04 Å². The van der Waals surface area contributed by atoms with Crippen LogP contribution in [0.1, 0.15) is 24.9 Å². The number of carbonyl (C=O) groups excluding carboxylic acids is 1. The summed E-state index contributed by atoms with van der Waals surface area (Å²) in [5, 5.41) is 6.02. The zero-order valence-corrected chi connectivity index (χ0v) is 10.6. The van der Waals surface area contributed by atoms with Gasteiger partial charge in [-0.1, -0.05) is 17.7 Å². The molecule has 3 nitrogen and oxygen atoms in total. The van der Waals surface area contributed by atoms with E-state index in [0.717, 1.165) is 0 Å². The molecule has 0 radical (unpaired) electrons. The van der Waals surface area contributed by atoms with Crippen molar-refractivity contribution in [2.75, 3.05) is 13.6 Å². The van der Waals surface area contributed by atoms with Crippen LogP contribution in [0.2, 0.25) is 5.02 Å². The zero-order valence-electron chi connectivity index (χ0n) is 9.89. The van der Waals surface area contributed by atoms with Crippen LogP contribution < -0.4 is 10.6 Å². The molecule has 17 heavy (non-hydrogen) atoms.